The van der Waals surface area contributed by atoms with Gasteiger partial charge in [0.05, 0.1) is 11.6 Å². The smallest absolute Gasteiger partial charge is 0.405 e. The number of H-pyrrole nitrogens is 1. The van der Waals surface area contributed by atoms with Gasteiger partial charge in [-0.15, -0.1) is 0 Å². The number of aliphatic hydroxyl groups excluding tert-OH is 1. The van der Waals surface area contributed by atoms with E-state index in [-0.39, 0.29) is 23.8 Å². The second-order valence-corrected chi connectivity index (χ2v) is 11.7. The van der Waals surface area contributed by atoms with Gasteiger partial charge in [-0.1, -0.05) is 60.7 Å². The number of aromatic nitrogens is 1. The molecule has 0 aliphatic heterocycles. The third-order valence-electron chi connectivity index (χ3n) is 8.15. The number of nitrogens with zero attached hydrogens (tertiary/aromatic N) is 1. The average molecular weight is 665 g/mol. The number of rotatable bonds is 15. The number of aliphatic hydroxyl groups is 1. The molecule has 0 radical (unpaired) electrons. The number of ether oxygens (including phenoxy) is 2. The summed E-state index contributed by atoms with van der Waals surface area (Å²) in [5, 5.41) is 24.6. The maximum absolute atomic E-state index is 13.0. The van der Waals surface area contributed by atoms with Crippen LogP contribution in [-0.2, 0) is 11.3 Å². The molecular formula is C38H40N4O7. The van der Waals surface area contributed by atoms with Crippen molar-refractivity contribution in [2.75, 3.05) is 26.7 Å². The summed E-state index contributed by atoms with van der Waals surface area (Å²) in [6.07, 6.45) is -0.790. The van der Waals surface area contributed by atoms with Crippen molar-refractivity contribution in [1.29, 1.82) is 0 Å². The van der Waals surface area contributed by atoms with Gasteiger partial charge in [0.1, 0.15) is 18.1 Å². The predicted molar refractivity (Wildman–Crippen MR) is 186 cm³/mol. The molecule has 0 saturated carbocycles. The zero-order valence-corrected chi connectivity index (χ0v) is 27.2. The highest BCUT2D eigenvalue weighted by atomic mass is 16.6. The Morgan fingerprint density at radius 1 is 0.918 bits per heavy atom. The molecule has 0 fully saturated rings. The molecule has 254 valence electrons. The highest BCUT2D eigenvalue weighted by Gasteiger charge is 2.19. The van der Waals surface area contributed by atoms with E-state index in [0.29, 0.717) is 47.4 Å². The van der Waals surface area contributed by atoms with E-state index >= 15 is 0 Å². The summed E-state index contributed by atoms with van der Waals surface area (Å²) in [4.78, 5) is 40.5. The molecule has 5 aromatic rings. The van der Waals surface area contributed by atoms with E-state index in [1.165, 1.54) is 12.1 Å². The van der Waals surface area contributed by atoms with Crippen molar-refractivity contribution in [1.82, 2.24) is 15.2 Å². The van der Waals surface area contributed by atoms with Gasteiger partial charge < -0.3 is 40.6 Å². The second kappa shape index (κ2) is 16.4. The fraction of sp³-hybridized carbons (Fsp3) is 0.237. The predicted octanol–water partition coefficient (Wildman–Crippen LogP) is 5.17. The molecule has 4 aromatic carbocycles. The van der Waals surface area contributed by atoms with Crippen LogP contribution in [0.5, 0.6) is 11.5 Å². The lowest BCUT2D eigenvalue weighted by molar-refractivity contribution is 0.0792. The van der Waals surface area contributed by atoms with Crippen LogP contribution < -0.4 is 21.3 Å². The summed E-state index contributed by atoms with van der Waals surface area (Å²) >= 11 is 0. The van der Waals surface area contributed by atoms with Crippen LogP contribution in [-0.4, -0.2) is 58.8 Å². The number of carbonyl (C=O) groups excluding carboxylic acids is 2. The summed E-state index contributed by atoms with van der Waals surface area (Å²) in [6, 6.07) is 30.0. The summed E-state index contributed by atoms with van der Waals surface area (Å²) in [5.74, 6) is 0.468. The number of nitrogens with one attached hydrogen (secondary N) is 2. The number of hydrogen-bond acceptors (Lipinski definition) is 8. The molecule has 2 amide bonds. The van der Waals surface area contributed by atoms with Gasteiger partial charge in [-0.05, 0) is 72.5 Å². The van der Waals surface area contributed by atoms with Crippen molar-refractivity contribution >= 4 is 22.9 Å². The third-order valence-corrected chi connectivity index (χ3v) is 8.15. The highest BCUT2D eigenvalue weighted by Crippen LogP contribution is 2.30. The van der Waals surface area contributed by atoms with E-state index in [9.17, 15) is 24.6 Å². The molecule has 0 spiro atoms. The fourth-order valence-corrected chi connectivity index (χ4v) is 5.57. The number of hydrogen-bond donors (Lipinski definition) is 5. The summed E-state index contributed by atoms with van der Waals surface area (Å²) < 4.78 is 11.4. The van der Waals surface area contributed by atoms with Crippen LogP contribution in [0.25, 0.3) is 10.9 Å². The lowest BCUT2D eigenvalue weighted by atomic mass is 10.0. The Bertz CT molecular complexity index is 1930. The first-order valence-electron chi connectivity index (χ1n) is 16.0. The second-order valence-electron chi connectivity index (χ2n) is 11.7. The average Bonchev–Trinajstić information content (AvgIpc) is 3.11. The van der Waals surface area contributed by atoms with E-state index in [0.717, 1.165) is 29.5 Å². The van der Waals surface area contributed by atoms with Crippen molar-refractivity contribution in [2.24, 2.45) is 5.73 Å². The number of unbranched alkanes of at least 4 members (excludes halogenated alkanes) is 1. The maximum atomic E-state index is 13.0. The first-order valence-corrected chi connectivity index (χ1v) is 16.0. The molecule has 0 saturated heterocycles. The number of phenolic OH excluding ortho intramolecular Hbond substituents is 1. The normalized spacial score (nSPS) is 12.3. The molecule has 0 aliphatic carbocycles. The quantitative estimate of drug-likeness (QED) is 0.0956. The van der Waals surface area contributed by atoms with Gasteiger partial charge in [-0.3, -0.25) is 9.59 Å². The number of fused-ring (bicyclic) bond motifs is 1. The van der Waals surface area contributed by atoms with E-state index < -0.39 is 18.3 Å². The number of carbonyl (C=O) groups is 2. The maximum Gasteiger partial charge on any atom is 0.405 e. The molecule has 1 heterocycles. The Balaban J connectivity index is 1.05. The Kier molecular flexibility index (Phi) is 11.6. The van der Waals surface area contributed by atoms with Crippen molar-refractivity contribution in [3.8, 4) is 11.5 Å². The first-order chi connectivity index (χ1) is 23.7. The van der Waals surface area contributed by atoms with Gasteiger partial charge >= 0.3 is 6.09 Å². The summed E-state index contributed by atoms with van der Waals surface area (Å²) in [5.41, 5.74) is 8.89. The SMILES string of the molecule is CN(CCCCNCC(O)c1ccc(O)c2[nH]c(=O)ccc12)C(=O)c1ccc(COc2cccc([C@@H](OC(N)=O)c3ccccc3)c2)cc1. The molecular weight excluding hydrogens is 624 g/mol. The van der Waals surface area contributed by atoms with Crippen molar-refractivity contribution in [2.45, 2.75) is 31.7 Å². The molecule has 0 bridgehead atoms. The van der Waals surface area contributed by atoms with Crippen LogP contribution in [0.3, 0.4) is 0 Å². The van der Waals surface area contributed by atoms with Crippen LogP contribution in [0.15, 0.2) is 108 Å². The number of primary amides is 1. The minimum absolute atomic E-state index is 0.0497. The van der Waals surface area contributed by atoms with E-state index in [1.807, 2.05) is 66.7 Å². The van der Waals surface area contributed by atoms with E-state index in [4.69, 9.17) is 15.2 Å². The molecule has 11 heteroatoms. The van der Waals surface area contributed by atoms with Crippen LogP contribution >= 0.6 is 0 Å². The lowest BCUT2D eigenvalue weighted by Gasteiger charge is -2.19. The Morgan fingerprint density at radius 3 is 2.43 bits per heavy atom. The minimum atomic E-state index is -0.868. The van der Waals surface area contributed by atoms with Gasteiger partial charge in [0.15, 0.2) is 6.10 Å². The van der Waals surface area contributed by atoms with Crippen LogP contribution in [0.4, 0.5) is 4.79 Å². The van der Waals surface area contributed by atoms with Crippen molar-refractivity contribution in [3.05, 3.63) is 141 Å². The number of aromatic hydroxyl groups is 1. The Hall–Kier alpha value is -5.65. The van der Waals surface area contributed by atoms with Gasteiger partial charge in [0.25, 0.3) is 5.91 Å². The summed E-state index contributed by atoms with van der Waals surface area (Å²) in [6.45, 7) is 1.80. The van der Waals surface area contributed by atoms with Crippen LogP contribution in [0.2, 0.25) is 0 Å². The van der Waals surface area contributed by atoms with Crippen molar-refractivity contribution in [3.63, 3.8) is 0 Å². The van der Waals surface area contributed by atoms with E-state index in [1.54, 1.807) is 36.2 Å². The summed E-state index contributed by atoms with van der Waals surface area (Å²) in [7, 11) is 1.77. The van der Waals surface area contributed by atoms with Crippen LogP contribution in [0.1, 0.15) is 57.7 Å². The van der Waals surface area contributed by atoms with Gasteiger partial charge in [0.2, 0.25) is 5.56 Å². The lowest BCUT2D eigenvalue weighted by Crippen LogP contribution is -2.29. The standard InChI is InChI=1S/C38H40N4O7/c1-42(21-6-5-20-40-23-33(44)30-16-18-32(43)35-31(30)17-19-34(45)41-35)37(46)27-14-12-25(13-15-27)24-48-29-11-7-10-28(22-29)36(49-38(39)47)26-8-3-2-4-9-26/h2-4,7-19,22,33,36,40,43-44H,5-6,20-21,23-24H2,1H3,(H2,39,47)(H,41,45)/t33?,36-/m0/s1. The zero-order chi connectivity index (χ0) is 34.8. The molecule has 5 rings (SSSR count). The number of aromatic amines is 1. The Labute approximate surface area is 283 Å². The largest absolute Gasteiger partial charge is 0.506 e. The molecule has 6 N–H and O–H groups in total. The minimum Gasteiger partial charge on any atom is -0.506 e. The number of amides is 2. The first kappa shape index (κ1) is 34.7. The van der Waals surface area contributed by atoms with Crippen molar-refractivity contribution < 1.29 is 29.3 Å². The molecule has 11 nitrogen and oxygen atoms in total. The third kappa shape index (κ3) is 9.25. The number of phenols is 1. The fourth-order valence-electron chi connectivity index (χ4n) is 5.57. The molecule has 0 aliphatic rings. The highest BCUT2D eigenvalue weighted by molar-refractivity contribution is 5.94. The zero-order valence-electron chi connectivity index (χ0n) is 27.2. The molecule has 1 aromatic heterocycles. The number of benzene rings is 4. The van der Waals surface area contributed by atoms with Gasteiger partial charge in [-0.2, -0.15) is 0 Å². The molecule has 2 atom stereocenters. The number of nitrogens with two attached hydrogens (primary N) is 1. The molecule has 1 unspecified atom stereocenters. The van der Waals surface area contributed by atoms with Gasteiger partial charge in [-0.25, -0.2) is 4.79 Å². The van der Waals surface area contributed by atoms with Crippen LogP contribution in [0, 0.1) is 0 Å². The van der Waals surface area contributed by atoms with Gasteiger partial charge in [0, 0.05) is 42.7 Å². The topological polar surface area (TPSA) is 167 Å². The Morgan fingerprint density at radius 2 is 1.67 bits per heavy atom. The molecule has 49 heavy (non-hydrogen) atoms. The monoisotopic (exact) mass is 664 g/mol. The number of pyridine rings is 1. The van der Waals surface area contributed by atoms with E-state index in [2.05, 4.69) is 10.3 Å².